The third-order valence-electron chi connectivity index (χ3n) is 3.43. The average molecular weight is 324 g/mol. The van der Waals surface area contributed by atoms with Crippen LogP contribution in [0.5, 0.6) is 5.75 Å². The van der Waals surface area contributed by atoms with E-state index in [9.17, 15) is 9.90 Å². The van der Waals surface area contributed by atoms with E-state index in [-0.39, 0.29) is 11.7 Å². The number of amides is 1. The van der Waals surface area contributed by atoms with E-state index in [1.807, 2.05) is 32.0 Å². The molecule has 1 amide bonds. The van der Waals surface area contributed by atoms with Crippen molar-refractivity contribution < 1.29 is 9.90 Å². The normalized spacial score (nSPS) is 17.7. The molecule has 1 heterocycles. The minimum atomic E-state index is -0.160. The Balaban J connectivity index is 1.86. The summed E-state index contributed by atoms with van der Waals surface area (Å²) in [5, 5.41) is 12.7. The van der Waals surface area contributed by atoms with Crippen molar-refractivity contribution in [2.24, 2.45) is 4.99 Å². The van der Waals surface area contributed by atoms with Crippen molar-refractivity contribution in [1.82, 2.24) is 5.32 Å². The van der Waals surface area contributed by atoms with Gasteiger partial charge in [-0.3, -0.25) is 4.79 Å². The molecule has 0 saturated carbocycles. The van der Waals surface area contributed by atoms with Gasteiger partial charge in [0, 0.05) is 0 Å². The Morgan fingerprint density at radius 3 is 2.61 bits per heavy atom. The fourth-order valence-corrected chi connectivity index (χ4v) is 2.99. The van der Waals surface area contributed by atoms with Gasteiger partial charge in [-0.05, 0) is 66.6 Å². The fraction of sp³-hybridized carbons (Fsp3) is 0.111. The molecule has 0 atom stereocenters. The van der Waals surface area contributed by atoms with Gasteiger partial charge >= 0.3 is 0 Å². The number of carbonyl (C=O) groups is 1. The zero-order valence-corrected chi connectivity index (χ0v) is 13.6. The number of benzene rings is 2. The van der Waals surface area contributed by atoms with Gasteiger partial charge in [0.2, 0.25) is 0 Å². The molecular formula is C18H16N2O2S. The number of amidine groups is 1. The van der Waals surface area contributed by atoms with Crippen LogP contribution in [0.1, 0.15) is 16.7 Å². The number of hydrogen-bond acceptors (Lipinski definition) is 4. The van der Waals surface area contributed by atoms with Gasteiger partial charge in [-0.25, -0.2) is 4.99 Å². The van der Waals surface area contributed by atoms with Gasteiger partial charge < -0.3 is 10.4 Å². The fourth-order valence-electron chi connectivity index (χ4n) is 2.15. The molecule has 4 nitrogen and oxygen atoms in total. The molecule has 1 fully saturated rings. The number of phenolic OH excluding ortho intramolecular Hbond substituents is 1. The van der Waals surface area contributed by atoms with Crippen LogP contribution in [0, 0.1) is 13.8 Å². The minimum Gasteiger partial charge on any atom is -0.508 e. The number of carbonyl (C=O) groups excluding carboxylic acids is 1. The lowest BCUT2D eigenvalue weighted by molar-refractivity contribution is -0.115. The summed E-state index contributed by atoms with van der Waals surface area (Å²) < 4.78 is 0. The van der Waals surface area contributed by atoms with Crippen molar-refractivity contribution in [1.29, 1.82) is 0 Å². The van der Waals surface area contributed by atoms with Crippen molar-refractivity contribution in [2.45, 2.75) is 13.8 Å². The van der Waals surface area contributed by atoms with E-state index in [1.54, 1.807) is 30.3 Å². The molecule has 0 spiro atoms. The first-order chi connectivity index (χ1) is 11.0. The van der Waals surface area contributed by atoms with Crippen molar-refractivity contribution in [2.75, 3.05) is 0 Å². The smallest absolute Gasteiger partial charge is 0.264 e. The Bertz CT molecular complexity index is 823. The number of aliphatic imine (C=N–C) groups is 1. The Morgan fingerprint density at radius 2 is 1.87 bits per heavy atom. The summed E-state index contributed by atoms with van der Waals surface area (Å²) >= 11 is 1.32. The van der Waals surface area contributed by atoms with E-state index in [2.05, 4.69) is 10.3 Å². The molecule has 0 aromatic heterocycles. The minimum absolute atomic E-state index is 0.160. The monoisotopic (exact) mass is 324 g/mol. The molecule has 0 bridgehead atoms. The summed E-state index contributed by atoms with van der Waals surface area (Å²) in [5.74, 6) is 0.0416. The van der Waals surface area contributed by atoms with Gasteiger partial charge in [0.15, 0.2) is 5.17 Å². The van der Waals surface area contributed by atoms with Crippen LogP contribution in [0.15, 0.2) is 52.4 Å². The maximum Gasteiger partial charge on any atom is 0.264 e. The quantitative estimate of drug-likeness (QED) is 0.824. The second-order valence-electron chi connectivity index (χ2n) is 5.36. The number of nitrogens with one attached hydrogen (secondary N) is 1. The van der Waals surface area contributed by atoms with Crippen molar-refractivity contribution in [3.8, 4) is 5.75 Å². The predicted molar refractivity (Wildman–Crippen MR) is 94.8 cm³/mol. The Kier molecular flexibility index (Phi) is 4.21. The molecule has 116 valence electrons. The van der Waals surface area contributed by atoms with Gasteiger partial charge in [0.05, 0.1) is 10.6 Å². The Hall–Kier alpha value is -2.53. The molecule has 2 aromatic rings. The first-order valence-corrected chi connectivity index (χ1v) is 7.99. The number of phenols is 1. The summed E-state index contributed by atoms with van der Waals surface area (Å²) in [6, 6.07) is 12.8. The molecule has 2 N–H and O–H groups in total. The third-order valence-corrected chi connectivity index (χ3v) is 4.34. The van der Waals surface area contributed by atoms with E-state index in [4.69, 9.17) is 0 Å². The Morgan fingerprint density at radius 1 is 1.13 bits per heavy atom. The molecule has 0 aliphatic carbocycles. The molecule has 23 heavy (non-hydrogen) atoms. The SMILES string of the molecule is Cc1ccc(C)c(N=C2NC(=O)C(=Cc3ccc(O)cc3)S2)c1. The highest BCUT2D eigenvalue weighted by Gasteiger charge is 2.23. The van der Waals surface area contributed by atoms with E-state index in [0.717, 1.165) is 22.4 Å². The zero-order valence-electron chi connectivity index (χ0n) is 12.8. The predicted octanol–water partition coefficient (Wildman–Crippen LogP) is 3.90. The molecule has 0 radical (unpaired) electrons. The third kappa shape index (κ3) is 3.63. The summed E-state index contributed by atoms with van der Waals surface area (Å²) in [5.41, 5.74) is 3.91. The van der Waals surface area contributed by atoms with E-state index >= 15 is 0 Å². The molecule has 2 aromatic carbocycles. The summed E-state index contributed by atoms with van der Waals surface area (Å²) in [4.78, 5) is 17.2. The first-order valence-electron chi connectivity index (χ1n) is 7.17. The van der Waals surface area contributed by atoms with Crippen LogP contribution in [0.4, 0.5) is 5.69 Å². The molecule has 3 rings (SSSR count). The van der Waals surface area contributed by atoms with Crippen LogP contribution >= 0.6 is 11.8 Å². The van der Waals surface area contributed by atoms with Crippen LogP contribution in [0.3, 0.4) is 0 Å². The molecular weight excluding hydrogens is 308 g/mol. The number of aryl methyl sites for hydroxylation is 2. The molecule has 5 heteroatoms. The summed E-state index contributed by atoms with van der Waals surface area (Å²) in [6.07, 6.45) is 1.78. The van der Waals surface area contributed by atoms with Gasteiger partial charge in [-0.2, -0.15) is 0 Å². The number of hydrogen-bond donors (Lipinski definition) is 2. The lowest BCUT2D eigenvalue weighted by Gasteiger charge is -2.02. The molecule has 0 unspecified atom stereocenters. The lowest BCUT2D eigenvalue weighted by atomic mass is 10.1. The van der Waals surface area contributed by atoms with Crippen LogP contribution in [-0.4, -0.2) is 16.2 Å². The molecule has 1 aliphatic heterocycles. The van der Waals surface area contributed by atoms with E-state index in [0.29, 0.717) is 10.1 Å². The molecule has 1 saturated heterocycles. The van der Waals surface area contributed by atoms with Crippen molar-refractivity contribution in [3.63, 3.8) is 0 Å². The highest BCUT2D eigenvalue weighted by atomic mass is 32.2. The maximum atomic E-state index is 12.1. The topological polar surface area (TPSA) is 61.7 Å². The highest BCUT2D eigenvalue weighted by molar-refractivity contribution is 8.18. The van der Waals surface area contributed by atoms with Gasteiger partial charge in [-0.15, -0.1) is 0 Å². The number of aromatic hydroxyl groups is 1. The highest BCUT2D eigenvalue weighted by Crippen LogP contribution is 2.29. The van der Waals surface area contributed by atoms with Gasteiger partial charge in [0.25, 0.3) is 5.91 Å². The zero-order chi connectivity index (χ0) is 16.4. The summed E-state index contributed by atoms with van der Waals surface area (Å²) in [6.45, 7) is 4.01. The van der Waals surface area contributed by atoms with Gasteiger partial charge in [0.1, 0.15) is 5.75 Å². The van der Waals surface area contributed by atoms with Crippen molar-refractivity contribution >= 4 is 34.6 Å². The second-order valence-corrected chi connectivity index (χ2v) is 6.39. The van der Waals surface area contributed by atoms with Crippen LogP contribution < -0.4 is 5.32 Å². The lowest BCUT2D eigenvalue weighted by Crippen LogP contribution is -2.19. The van der Waals surface area contributed by atoms with Crippen LogP contribution in [0.2, 0.25) is 0 Å². The first kappa shape index (κ1) is 15.4. The van der Waals surface area contributed by atoms with Crippen LogP contribution in [0.25, 0.3) is 6.08 Å². The van der Waals surface area contributed by atoms with Gasteiger partial charge in [-0.1, -0.05) is 24.3 Å². The van der Waals surface area contributed by atoms with E-state index in [1.165, 1.54) is 11.8 Å². The Labute approximate surface area is 139 Å². The largest absolute Gasteiger partial charge is 0.508 e. The molecule has 1 aliphatic rings. The van der Waals surface area contributed by atoms with E-state index < -0.39 is 0 Å². The number of rotatable bonds is 2. The standard InChI is InChI=1S/C18H16N2O2S/c1-11-3-4-12(2)15(9-11)19-18-20-17(22)16(23-18)10-13-5-7-14(21)8-6-13/h3-10,21H,1-2H3,(H,19,20,22). The van der Waals surface area contributed by atoms with Crippen molar-refractivity contribution in [3.05, 3.63) is 64.1 Å². The summed E-state index contributed by atoms with van der Waals surface area (Å²) in [7, 11) is 0. The average Bonchev–Trinajstić information content (AvgIpc) is 2.85. The van der Waals surface area contributed by atoms with Crippen LogP contribution in [-0.2, 0) is 4.79 Å². The number of nitrogens with zero attached hydrogens (tertiary/aromatic N) is 1. The number of thioether (sulfide) groups is 1. The second kappa shape index (κ2) is 6.30. The maximum absolute atomic E-state index is 12.1.